The average Bonchev–Trinajstić information content (AvgIpc) is 2.87. The molecule has 0 aliphatic heterocycles. The van der Waals surface area contributed by atoms with Gasteiger partial charge in [0.2, 0.25) is 5.78 Å². The summed E-state index contributed by atoms with van der Waals surface area (Å²) in [4.78, 5) is 8.36. The molecule has 3 rings (SSSR count). The average molecular weight is 289 g/mol. The number of rotatable bonds is 2. The van der Waals surface area contributed by atoms with Crippen LogP contribution in [0.2, 0.25) is 0 Å². The monoisotopic (exact) mass is 289 g/mol. The Labute approximate surface area is 118 Å². The molecule has 0 aliphatic rings. The van der Waals surface area contributed by atoms with Crippen LogP contribution in [-0.2, 0) is 6.18 Å². The fraction of sp³-hybridized carbons (Fsp3) is 0.0667. The van der Waals surface area contributed by atoms with Gasteiger partial charge in [0.15, 0.2) is 0 Å². The van der Waals surface area contributed by atoms with E-state index in [4.69, 9.17) is 0 Å². The van der Waals surface area contributed by atoms with Crippen LogP contribution in [-0.4, -0.2) is 14.4 Å². The van der Waals surface area contributed by atoms with Gasteiger partial charge in [0.05, 0.1) is 11.3 Å². The van der Waals surface area contributed by atoms with Crippen LogP contribution >= 0.6 is 0 Å². The van der Waals surface area contributed by atoms with E-state index in [1.807, 2.05) is 6.20 Å². The zero-order valence-electron chi connectivity index (χ0n) is 10.7. The van der Waals surface area contributed by atoms with E-state index >= 15 is 0 Å². The molecule has 0 radical (unpaired) electrons. The van der Waals surface area contributed by atoms with Crippen molar-refractivity contribution < 1.29 is 13.2 Å². The van der Waals surface area contributed by atoms with Gasteiger partial charge in [-0.15, -0.1) is 0 Å². The summed E-state index contributed by atoms with van der Waals surface area (Å²) in [7, 11) is 0. The number of fused-ring (bicyclic) bond motifs is 1. The van der Waals surface area contributed by atoms with Crippen LogP contribution in [0.15, 0.2) is 48.9 Å². The third-order valence-corrected chi connectivity index (χ3v) is 2.94. The van der Waals surface area contributed by atoms with Crippen molar-refractivity contribution in [3.05, 3.63) is 65.7 Å². The smallest absolute Gasteiger partial charge is 0.291 e. The molecule has 0 saturated carbocycles. The van der Waals surface area contributed by atoms with Crippen molar-refractivity contribution in [3.63, 3.8) is 0 Å². The van der Waals surface area contributed by atoms with Gasteiger partial charge >= 0.3 is 6.18 Å². The number of nitrogens with zero attached hydrogens (tertiary/aromatic N) is 3. The number of hydrogen-bond acceptors (Lipinski definition) is 2. The Balaban J connectivity index is 1.82. The Morgan fingerprint density at radius 2 is 1.81 bits per heavy atom. The molecule has 0 unspecified atom stereocenters. The molecule has 2 aromatic heterocycles. The van der Waals surface area contributed by atoms with E-state index < -0.39 is 11.7 Å². The number of hydrogen-bond donors (Lipinski definition) is 0. The fourth-order valence-electron chi connectivity index (χ4n) is 1.89. The quantitative estimate of drug-likeness (QED) is 0.715. The lowest BCUT2D eigenvalue weighted by molar-refractivity contribution is -0.137. The first kappa shape index (κ1) is 13.4. The molecule has 0 bridgehead atoms. The van der Waals surface area contributed by atoms with Gasteiger partial charge in [0, 0.05) is 18.6 Å². The minimum absolute atomic E-state index is 0.574. The van der Waals surface area contributed by atoms with Gasteiger partial charge in [-0.3, -0.25) is 4.40 Å². The molecule has 0 aliphatic carbocycles. The molecular weight excluding hydrogens is 279 g/mol. The molecule has 2 heterocycles. The lowest BCUT2D eigenvalue weighted by Crippen LogP contribution is -2.03. The summed E-state index contributed by atoms with van der Waals surface area (Å²) < 4.78 is 39.1. The van der Waals surface area contributed by atoms with Crippen LogP contribution in [0.25, 0.3) is 17.9 Å². The van der Waals surface area contributed by atoms with Gasteiger partial charge in [-0.2, -0.15) is 13.2 Å². The molecule has 0 N–H and O–H groups in total. The topological polar surface area (TPSA) is 30.2 Å². The molecule has 6 heteroatoms. The molecule has 106 valence electrons. The van der Waals surface area contributed by atoms with Crippen molar-refractivity contribution in [3.8, 4) is 0 Å². The van der Waals surface area contributed by atoms with Crippen molar-refractivity contribution in [1.82, 2.24) is 14.4 Å². The van der Waals surface area contributed by atoms with E-state index in [2.05, 4.69) is 9.97 Å². The summed E-state index contributed by atoms with van der Waals surface area (Å²) >= 11 is 0. The van der Waals surface area contributed by atoms with Crippen molar-refractivity contribution in [2.24, 2.45) is 0 Å². The Morgan fingerprint density at radius 1 is 1.05 bits per heavy atom. The lowest BCUT2D eigenvalue weighted by Gasteiger charge is -2.05. The molecule has 3 aromatic rings. The van der Waals surface area contributed by atoms with Crippen LogP contribution in [0.5, 0.6) is 0 Å². The van der Waals surface area contributed by atoms with Crippen LogP contribution in [0.3, 0.4) is 0 Å². The number of halogens is 3. The second-order valence-electron chi connectivity index (χ2n) is 4.45. The van der Waals surface area contributed by atoms with E-state index in [0.717, 1.165) is 12.1 Å². The maximum Gasteiger partial charge on any atom is 0.416 e. The molecular formula is C15H10F3N3. The summed E-state index contributed by atoms with van der Waals surface area (Å²) in [6.07, 6.45) is 4.40. The van der Waals surface area contributed by atoms with E-state index in [1.165, 1.54) is 12.1 Å². The number of aromatic nitrogens is 3. The summed E-state index contributed by atoms with van der Waals surface area (Å²) in [5.41, 5.74) is 0.707. The summed E-state index contributed by atoms with van der Waals surface area (Å²) in [5.74, 6) is 0.574. The first-order chi connectivity index (χ1) is 10.0. The van der Waals surface area contributed by atoms with E-state index in [1.54, 1.807) is 35.0 Å². The highest BCUT2D eigenvalue weighted by Gasteiger charge is 2.29. The molecule has 0 amide bonds. The van der Waals surface area contributed by atoms with Gasteiger partial charge in [-0.05, 0) is 29.8 Å². The van der Waals surface area contributed by atoms with Crippen molar-refractivity contribution in [2.45, 2.75) is 6.18 Å². The highest BCUT2D eigenvalue weighted by Crippen LogP contribution is 2.29. The van der Waals surface area contributed by atoms with Gasteiger partial charge < -0.3 is 0 Å². The number of alkyl halides is 3. The van der Waals surface area contributed by atoms with Crippen LogP contribution in [0.1, 0.15) is 16.8 Å². The third-order valence-electron chi connectivity index (χ3n) is 2.94. The first-order valence-corrected chi connectivity index (χ1v) is 6.17. The maximum absolute atomic E-state index is 12.5. The summed E-state index contributed by atoms with van der Waals surface area (Å²) in [6.45, 7) is 0. The van der Waals surface area contributed by atoms with Crippen molar-refractivity contribution in [2.75, 3.05) is 0 Å². The lowest BCUT2D eigenvalue weighted by atomic mass is 10.1. The standard InChI is InChI=1S/C15H10F3N3/c16-15(17,18)12-5-2-11(3-6-12)4-7-13-10-21-9-1-8-19-14(21)20-13/h1-10H/b7-4+. The summed E-state index contributed by atoms with van der Waals surface area (Å²) in [5, 5.41) is 0. The number of imidazole rings is 1. The van der Waals surface area contributed by atoms with Gasteiger partial charge in [-0.25, -0.2) is 9.97 Å². The maximum atomic E-state index is 12.5. The predicted molar refractivity (Wildman–Crippen MR) is 73.4 cm³/mol. The molecule has 0 saturated heterocycles. The molecule has 21 heavy (non-hydrogen) atoms. The van der Waals surface area contributed by atoms with E-state index in [0.29, 0.717) is 17.0 Å². The van der Waals surface area contributed by atoms with Gasteiger partial charge in [-0.1, -0.05) is 18.2 Å². The zero-order valence-corrected chi connectivity index (χ0v) is 10.7. The summed E-state index contributed by atoms with van der Waals surface area (Å²) in [6, 6.07) is 6.76. The van der Waals surface area contributed by atoms with E-state index in [-0.39, 0.29) is 0 Å². The Bertz CT molecular complexity index is 753. The zero-order chi connectivity index (χ0) is 14.9. The highest BCUT2D eigenvalue weighted by molar-refractivity contribution is 5.68. The largest absolute Gasteiger partial charge is 0.416 e. The third kappa shape index (κ3) is 2.94. The highest BCUT2D eigenvalue weighted by atomic mass is 19.4. The number of benzene rings is 1. The van der Waals surface area contributed by atoms with Crippen LogP contribution in [0.4, 0.5) is 13.2 Å². The molecule has 3 nitrogen and oxygen atoms in total. The SMILES string of the molecule is FC(F)(F)c1ccc(/C=C/c2cn3cccnc3n2)cc1. The molecule has 1 aromatic carbocycles. The van der Waals surface area contributed by atoms with Crippen LogP contribution < -0.4 is 0 Å². The Kier molecular flexibility index (Phi) is 3.21. The van der Waals surface area contributed by atoms with Gasteiger partial charge in [0.1, 0.15) is 0 Å². The Hall–Kier alpha value is -2.63. The van der Waals surface area contributed by atoms with Crippen LogP contribution in [0, 0.1) is 0 Å². The predicted octanol–water partition coefficient (Wildman–Crippen LogP) is 3.92. The minimum Gasteiger partial charge on any atom is -0.291 e. The molecule has 0 fully saturated rings. The normalized spacial score (nSPS) is 12.3. The van der Waals surface area contributed by atoms with Crippen molar-refractivity contribution in [1.29, 1.82) is 0 Å². The molecule has 0 atom stereocenters. The Morgan fingerprint density at radius 3 is 2.48 bits per heavy atom. The van der Waals surface area contributed by atoms with E-state index in [9.17, 15) is 13.2 Å². The minimum atomic E-state index is -4.31. The fourth-order valence-corrected chi connectivity index (χ4v) is 1.89. The van der Waals surface area contributed by atoms with Gasteiger partial charge in [0.25, 0.3) is 0 Å². The first-order valence-electron chi connectivity index (χ1n) is 6.17. The molecule has 0 spiro atoms. The van der Waals surface area contributed by atoms with Crippen molar-refractivity contribution >= 4 is 17.9 Å². The second-order valence-corrected chi connectivity index (χ2v) is 4.45. The second kappa shape index (κ2) is 5.05.